The van der Waals surface area contributed by atoms with E-state index in [1.807, 2.05) is 29.5 Å². The van der Waals surface area contributed by atoms with Crippen LogP contribution in [0.4, 0.5) is 15.9 Å². The van der Waals surface area contributed by atoms with Gasteiger partial charge in [-0.3, -0.25) is 19.0 Å². The highest BCUT2D eigenvalue weighted by atomic mass is 127. The van der Waals surface area contributed by atoms with Crippen LogP contribution in [0.3, 0.4) is 0 Å². The zero-order valence-electron chi connectivity index (χ0n) is 21.6. The van der Waals surface area contributed by atoms with E-state index in [0.717, 1.165) is 0 Å². The van der Waals surface area contributed by atoms with E-state index in [0.29, 0.717) is 9.99 Å². The number of nitrogens with zero attached hydrogens (tertiary/aromatic N) is 1. The molecule has 36 heavy (non-hydrogen) atoms. The number of hydrogen-bond donors (Lipinski definition) is 2. The number of anilines is 2. The normalized spacial score (nSPS) is 13.1. The summed E-state index contributed by atoms with van der Waals surface area (Å²) in [5, 5.41) is 3.15. The molecule has 1 amide bonds. The monoisotopic (exact) mass is 629 g/mol. The largest absolute Gasteiger partial charge is 0.463 e. The second kappa shape index (κ2) is 11.0. The van der Waals surface area contributed by atoms with Gasteiger partial charge in [-0.2, -0.15) is 0 Å². The van der Waals surface area contributed by atoms with E-state index in [9.17, 15) is 14.0 Å². The first-order valence-electron chi connectivity index (χ1n) is 11.7. The third-order valence-electron chi connectivity index (χ3n) is 6.57. The van der Waals surface area contributed by atoms with Crippen molar-refractivity contribution in [1.29, 1.82) is 0 Å². The predicted octanol–water partition coefficient (Wildman–Crippen LogP) is 6.08. The van der Waals surface area contributed by atoms with Crippen molar-refractivity contribution in [2.45, 2.75) is 58.4 Å². The molecule has 196 valence electrons. The average molecular weight is 630 g/mol. The molecule has 0 spiro atoms. The predicted molar refractivity (Wildman–Crippen MR) is 150 cm³/mol. The second-order valence-corrected chi connectivity index (χ2v) is 16.2. The quantitative estimate of drug-likeness (QED) is 0.169. The summed E-state index contributed by atoms with van der Waals surface area (Å²) in [7, 11) is -0.525. The summed E-state index contributed by atoms with van der Waals surface area (Å²) in [6.07, 6.45) is 1.84. The van der Waals surface area contributed by atoms with Crippen molar-refractivity contribution in [3.05, 3.63) is 55.8 Å². The van der Waals surface area contributed by atoms with Gasteiger partial charge in [-0.25, -0.2) is 9.87 Å². The van der Waals surface area contributed by atoms with Crippen molar-refractivity contribution in [3.8, 4) is 0 Å². The molecule has 1 unspecified atom stereocenters. The van der Waals surface area contributed by atoms with Crippen LogP contribution in [0.15, 0.2) is 39.7 Å². The minimum Gasteiger partial charge on any atom is -0.463 e. The fourth-order valence-electron chi connectivity index (χ4n) is 3.38. The van der Waals surface area contributed by atoms with Gasteiger partial charge in [-0.05, 0) is 71.4 Å². The Balaban J connectivity index is 1.88. The van der Waals surface area contributed by atoms with Gasteiger partial charge in [0, 0.05) is 10.6 Å². The van der Waals surface area contributed by atoms with Crippen molar-refractivity contribution in [3.63, 3.8) is 0 Å². The van der Waals surface area contributed by atoms with E-state index in [4.69, 9.17) is 13.7 Å². The minimum absolute atomic E-state index is 0.0217. The van der Waals surface area contributed by atoms with Gasteiger partial charge in [0.2, 0.25) is 0 Å². The third-order valence-corrected chi connectivity index (χ3v) is 11.8. The van der Waals surface area contributed by atoms with Gasteiger partial charge >= 0.3 is 0 Å². The van der Waals surface area contributed by atoms with Crippen LogP contribution in [-0.4, -0.2) is 31.5 Å². The lowest BCUT2D eigenvalue weighted by Gasteiger charge is -2.39. The highest BCUT2D eigenvalue weighted by Gasteiger charge is 2.39. The highest BCUT2D eigenvalue weighted by Crippen LogP contribution is 2.37. The number of furan rings is 1. The van der Waals surface area contributed by atoms with E-state index in [-0.39, 0.29) is 45.8 Å². The van der Waals surface area contributed by atoms with Crippen LogP contribution < -0.4 is 16.4 Å². The first kappa shape index (κ1) is 28.3. The molecule has 0 aliphatic rings. The molecular formula is C25H33FIN3O5Si. The lowest BCUT2D eigenvalue weighted by Crippen LogP contribution is -2.45. The molecule has 1 atom stereocenters. The standard InChI is InChI=1S/C25H33FIN3O5Si/c1-8-16(35-36(6,7)25(2,3)4)14-34-29-23(31)20-21-17(11-12-33-21)24(32)30(5)22(20)28-19-10-9-15(27)13-18(19)26/h9-13,16,28H,8,14H2,1-7H3,(H,29,31). The number of amides is 1. The van der Waals surface area contributed by atoms with Crippen LogP contribution in [0.1, 0.15) is 44.5 Å². The summed E-state index contributed by atoms with van der Waals surface area (Å²) in [6, 6.07) is 6.09. The molecule has 0 aliphatic heterocycles. The Labute approximate surface area is 224 Å². The topological polar surface area (TPSA) is 94.7 Å². The lowest BCUT2D eigenvalue weighted by molar-refractivity contribution is -0.00935. The molecule has 2 heterocycles. The van der Waals surface area contributed by atoms with E-state index >= 15 is 0 Å². The number of benzene rings is 1. The lowest BCUT2D eigenvalue weighted by atomic mass is 10.1. The molecule has 8 nitrogen and oxygen atoms in total. The van der Waals surface area contributed by atoms with Gasteiger partial charge in [-0.1, -0.05) is 27.7 Å². The molecule has 0 fully saturated rings. The van der Waals surface area contributed by atoms with Gasteiger partial charge < -0.3 is 14.2 Å². The van der Waals surface area contributed by atoms with Crippen LogP contribution in [0.5, 0.6) is 0 Å². The van der Waals surface area contributed by atoms with Gasteiger partial charge in [-0.15, -0.1) is 0 Å². The number of fused-ring (bicyclic) bond motifs is 1. The molecular weight excluding hydrogens is 596 g/mol. The van der Waals surface area contributed by atoms with Crippen molar-refractivity contribution in [1.82, 2.24) is 10.0 Å². The average Bonchev–Trinajstić information content (AvgIpc) is 3.27. The highest BCUT2D eigenvalue weighted by molar-refractivity contribution is 14.1. The number of pyridine rings is 1. The first-order valence-corrected chi connectivity index (χ1v) is 15.7. The molecule has 1 aromatic carbocycles. The number of hydrogen-bond acceptors (Lipinski definition) is 6. The van der Waals surface area contributed by atoms with Crippen molar-refractivity contribution >= 4 is 59.3 Å². The molecule has 0 aliphatic carbocycles. The molecule has 3 aromatic rings. The van der Waals surface area contributed by atoms with E-state index in [1.165, 1.54) is 36.1 Å². The Morgan fingerprint density at radius 2 is 1.97 bits per heavy atom. The smallest absolute Gasteiger partial charge is 0.282 e. The summed E-state index contributed by atoms with van der Waals surface area (Å²) in [5.41, 5.74) is 2.28. The number of carbonyl (C=O) groups is 1. The summed E-state index contributed by atoms with van der Waals surface area (Å²) < 4.78 is 28.5. The maximum Gasteiger partial charge on any atom is 0.282 e. The maximum atomic E-state index is 14.6. The van der Waals surface area contributed by atoms with Gasteiger partial charge in [0.05, 0.1) is 30.0 Å². The second-order valence-electron chi connectivity index (χ2n) is 10.2. The van der Waals surface area contributed by atoms with E-state index in [1.54, 1.807) is 6.07 Å². The van der Waals surface area contributed by atoms with E-state index < -0.39 is 25.6 Å². The SMILES string of the molecule is CCC(CONC(=O)c1c(Nc2ccc(I)cc2F)n(C)c(=O)c2ccoc12)O[Si](C)(C)C(C)(C)C. The fraction of sp³-hybridized carbons (Fsp3) is 0.440. The van der Waals surface area contributed by atoms with Crippen LogP contribution in [0, 0.1) is 9.39 Å². The van der Waals surface area contributed by atoms with Gasteiger partial charge in [0.25, 0.3) is 11.5 Å². The van der Waals surface area contributed by atoms with Crippen LogP contribution in [0.2, 0.25) is 18.1 Å². The number of rotatable bonds is 9. The summed E-state index contributed by atoms with van der Waals surface area (Å²) in [4.78, 5) is 31.7. The molecule has 0 bridgehead atoms. The number of hydroxylamine groups is 1. The first-order chi connectivity index (χ1) is 16.8. The minimum atomic E-state index is -2.02. The van der Waals surface area contributed by atoms with Crippen LogP contribution >= 0.6 is 22.6 Å². The summed E-state index contributed by atoms with van der Waals surface area (Å²) >= 11 is 2.00. The van der Waals surface area contributed by atoms with Crippen LogP contribution in [-0.2, 0) is 16.3 Å². The molecule has 2 aromatic heterocycles. The molecule has 0 saturated heterocycles. The molecule has 0 saturated carbocycles. The number of nitrogens with one attached hydrogen (secondary N) is 2. The number of aromatic nitrogens is 1. The Bertz CT molecular complexity index is 1320. The fourth-order valence-corrected chi connectivity index (χ4v) is 5.26. The Morgan fingerprint density at radius 1 is 1.28 bits per heavy atom. The van der Waals surface area contributed by atoms with Gasteiger partial charge in [0.15, 0.2) is 13.9 Å². The molecule has 0 radical (unpaired) electrons. The number of halogens is 2. The zero-order chi connectivity index (χ0) is 26.8. The van der Waals surface area contributed by atoms with E-state index in [2.05, 4.69) is 44.7 Å². The number of carbonyl (C=O) groups excluding carboxylic acids is 1. The van der Waals surface area contributed by atoms with Gasteiger partial charge in [0.1, 0.15) is 17.2 Å². The summed E-state index contributed by atoms with van der Waals surface area (Å²) in [6.45, 7) is 13.0. The van der Waals surface area contributed by atoms with Crippen molar-refractivity contribution in [2.24, 2.45) is 7.05 Å². The molecule has 2 N–H and O–H groups in total. The summed E-state index contributed by atoms with van der Waals surface area (Å²) in [5.74, 6) is -1.08. The Kier molecular flexibility index (Phi) is 8.69. The molecule has 3 rings (SSSR count). The Hall–Kier alpha value is -2.22. The molecule has 11 heteroatoms. The van der Waals surface area contributed by atoms with Crippen molar-refractivity contribution in [2.75, 3.05) is 11.9 Å². The third kappa shape index (κ3) is 6.01. The maximum absolute atomic E-state index is 14.6. The van der Waals surface area contributed by atoms with Crippen LogP contribution in [0.25, 0.3) is 11.0 Å². The zero-order valence-corrected chi connectivity index (χ0v) is 24.8. The van der Waals surface area contributed by atoms with Crippen molar-refractivity contribution < 1.29 is 22.9 Å². The Morgan fingerprint density at radius 3 is 2.58 bits per heavy atom.